The second kappa shape index (κ2) is 4.22. The Morgan fingerprint density at radius 3 is 1.64 bits per heavy atom. The van der Waals surface area contributed by atoms with E-state index in [1.165, 1.54) is 0 Å². The van der Waals surface area contributed by atoms with Crippen LogP contribution in [0.25, 0.3) is 0 Å². The van der Waals surface area contributed by atoms with Crippen LogP contribution in [-0.4, -0.2) is 41.5 Å². The molecule has 0 aromatic heterocycles. The molecule has 84 valence electrons. The summed E-state index contributed by atoms with van der Waals surface area (Å²) in [7, 11) is -10.9. The van der Waals surface area contributed by atoms with Crippen LogP contribution in [0, 0.1) is 0 Å². The van der Waals surface area contributed by atoms with Crippen molar-refractivity contribution in [2.75, 3.05) is 6.61 Å². The summed E-state index contributed by atoms with van der Waals surface area (Å²) in [6.45, 7) is -0.720. The zero-order chi connectivity index (χ0) is 11.6. The fraction of sp³-hybridized carbons (Fsp3) is 0.500. The predicted molar refractivity (Wildman–Crippen MR) is 45.3 cm³/mol. The lowest BCUT2D eigenvalue weighted by atomic mass is 10.5. The molecule has 0 unspecified atom stereocenters. The molecule has 0 aliphatic rings. The van der Waals surface area contributed by atoms with Gasteiger partial charge in [-0.15, -0.1) is 0 Å². The molecule has 0 amide bonds. The highest BCUT2D eigenvalue weighted by Crippen LogP contribution is 2.68. The van der Waals surface area contributed by atoms with Gasteiger partial charge in [0.1, 0.15) is 0 Å². The van der Waals surface area contributed by atoms with E-state index in [9.17, 15) is 9.13 Å². The molecular formula is C4H10O8P2. The van der Waals surface area contributed by atoms with E-state index >= 15 is 0 Å². The summed E-state index contributed by atoms with van der Waals surface area (Å²) in [5, 5.41) is 13.8. The molecule has 0 aliphatic carbocycles. The third kappa shape index (κ3) is 2.73. The van der Waals surface area contributed by atoms with Crippen LogP contribution in [0.3, 0.4) is 0 Å². The van der Waals surface area contributed by atoms with Gasteiger partial charge < -0.3 is 29.8 Å². The maximum absolute atomic E-state index is 10.6. The SMILES string of the molecule is O=P(O)(O)C(O)(C=CCO)P(=O)(O)O. The molecular weight excluding hydrogens is 238 g/mol. The van der Waals surface area contributed by atoms with Crippen molar-refractivity contribution in [1.82, 2.24) is 0 Å². The first-order chi connectivity index (χ1) is 6.06. The van der Waals surface area contributed by atoms with Crippen molar-refractivity contribution >= 4 is 15.2 Å². The second-order valence-corrected chi connectivity index (χ2v) is 6.25. The molecule has 0 radical (unpaired) electrons. The number of aliphatic hydroxyl groups is 2. The lowest BCUT2D eigenvalue weighted by molar-refractivity contribution is 0.167. The Morgan fingerprint density at radius 2 is 1.43 bits per heavy atom. The third-order valence-corrected chi connectivity index (χ3v) is 4.88. The number of rotatable bonds is 4. The summed E-state index contributed by atoms with van der Waals surface area (Å²) in [4.78, 5) is 34.1. The van der Waals surface area contributed by atoms with Crippen LogP contribution in [0.2, 0.25) is 0 Å². The van der Waals surface area contributed by atoms with Crippen molar-refractivity contribution in [3.05, 3.63) is 12.2 Å². The van der Waals surface area contributed by atoms with E-state index in [0.717, 1.165) is 0 Å². The second-order valence-electron chi connectivity index (χ2n) is 2.36. The minimum atomic E-state index is -5.44. The zero-order valence-electron chi connectivity index (χ0n) is 6.76. The molecule has 8 nitrogen and oxygen atoms in total. The van der Waals surface area contributed by atoms with Gasteiger partial charge in [0, 0.05) is 0 Å². The molecule has 0 bridgehead atoms. The highest BCUT2D eigenvalue weighted by Gasteiger charge is 2.57. The Balaban J connectivity index is 5.41. The lowest BCUT2D eigenvalue weighted by Gasteiger charge is -2.25. The summed E-state index contributed by atoms with van der Waals surface area (Å²) in [6, 6.07) is 0. The molecule has 0 aliphatic heterocycles. The summed E-state index contributed by atoms with van der Waals surface area (Å²) >= 11 is 0. The Morgan fingerprint density at radius 1 is 1.07 bits per heavy atom. The largest absolute Gasteiger partial charge is 0.392 e. The van der Waals surface area contributed by atoms with Gasteiger partial charge in [0.2, 0.25) is 0 Å². The zero-order valence-corrected chi connectivity index (χ0v) is 8.54. The minimum Gasteiger partial charge on any atom is -0.392 e. The molecule has 0 aromatic rings. The molecule has 14 heavy (non-hydrogen) atoms. The van der Waals surface area contributed by atoms with Crippen molar-refractivity contribution in [3.8, 4) is 0 Å². The molecule has 10 heteroatoms. The molecule has 0 atom stereocenters. The van der Waals surface area contributed by atoms with E-state index in [4.69, 9.17) is 29.8 Å². The Bertz CT molecular complexity index is 287. The summed E-state index contributed by atoms with van der Waals surface area (Å²) < 4.78 is 21.3. The van der Waals surface area contributed by atoms with Gasteiger partial charge in [0.05, 0.1) is 6.61 Å². The van der Waals surface area contributed by atoms with Gasteiger partial charge in [-0.3, -0.25) is 9.13 Å². The number of aliphatic hydroxyl groups excluding tert-OH is 1. The molecule has 0 saturated heterocycles. The average Bonchev–Trinajstić information content (AvgIpc) is 1.95. The first kappa shape index (κ1) is 14.0. The number of hydrogen-bond acceptors (Lipinski definition) is 4. The van der Waals surface area contributed by atoms with Crippen LogP contribution >= 0.6 is 15.2 Å². The minimum absolute atomic E-state index is 0.189. The maximum atomic E-state index is 10.6. The monoisotopic (exact) mass is 248 g/mol. The van der Waals surface area contributed by atoms with Crippen LogP contribution in [0.4, 0.5) is 0 Å². The van der Waals surface area contributed by atoms with E-state index < -0.39 is 26.9 Å². The van der Waals surface area contributed by atoms with Crippen molar-refractivity contribution in [1.29, 1.82) is 0 Å². The Labute approximate surface area is 78.8 Å². The molecule has 0 aromatic carbocycles. The molecule has 6 N–H and O–H groups in total. The van der Waals surface area contributed by atoms with E-state index in [1.54, 1.807) is 0 Å². The lowest BCUT2D eigenvalue weighted by Crippen LogP contribution is -2.25. The standard InChI is InChI=1S/C4H10O8P2/c5-3-1-2-4(6,13(7,8)9)14(10,11)12/h1-2,5-6H,3H2,(H2,7,8,9)(H2,10,11,12). The number of hydrogen-bond donors (Lipinski definition) is 6. The summed E-state index contributed by atoms with van der Waals surface area (Å²) in [5.74, 6) is 0. The smallest absolute Gasteiger partial charge is 0.373 e. The molecule has 0 rings (SSSR count). The average molecular weight is 248 g/mol. The predicted octanol–water partition coefficient (Wildman–Crippen LogP) is -1.46. The van der Waals surface area contributed by atoms with Gasteiger partial charge in [-0.2, -0.15) is 0 Å². The third-order valence-electron chi connectivity index (χ3n) is 1.30. The van der Waals surface area contributed by atoms with E-state index in [1.807, 2.05) is 0 Å². The van der Waals surface area contributed by atoms with Gasteiger partial charge >= 0.3 is 15.2 Å². The van der Waals surface area contributed by atoms with Crippen molar-refractivity contribution in [2.45, 2.75) is 5.08 Å². The van der Waals surface area contributed by atoms with Crippen molar-refractivity contribution < 1.29 is 38.9 Å². The molecule has 0 heterocycles. The first-order valence-electron chi connectivity index (χ1n) is 3.18. The quantitative estimate of drug-likeness (QED) is 0.260. The Kier molecular flexibility index (Phi) is 4.21. The Hall–Kier alpha value is -0.0400. The van der Waals surface area contributed by atoms with Crippen LogP contribution in [0.5, 0.6) is 0 Å². The van der Waals surface area contributed by atoms with E-state index in [-0.39, 0.29) is 6.08 Å². The van der Waals surface area contributed by atoms with Crippen LogP contribution in [0.1, 0.15) is 0 Å². The fourth-order valence-electron chi connectivity index (χ4n) is 0.575. The van der Waals surface area contributed by atoms with Crippen molar-refractivity contribution in [3.63, 3.8) is 0 Å². The topological polar surface area (TPSA) is 156 Å². The van der Waals surface area contributed by atoms with Crippen LogP contribution in [-0.2, 0) is 9.13 Å². The van der Waals surface area contributed by atoms with Crippen LogP contribution < -0.4 is 0 Å². The maximum Gasteiger partial charge on any atom is 0.373 e. The van der Waals surface area contributed by atoms with Gasteiger partial charge in [0.15, 0.2) is 0 Å². The van der Waals surface area contributed by atoms with Crippen LogP contribution in [0.15, 0.2) is 12.2 Å². The fourth-order valence-corrected chi connectivity index (χ4v) is 2.53. The summed E-state index contributed by atoms with van der Waals surface area (Å²) in [5.41, 5.74) is 0. The van der Waals surface area contributed by atoms with Gasteiger partial charge in [-0.25, -0.2) is 0 Å². The van der Waals surface area contributed by atoms with Crippen molar-refractivity contribution in [2.24, 2.45) is 0 Å². The first-order valence-corrected chi connectivity index (χ1v) is 6.41. The highest BCUT2D eigenvalue weighted by molar-refractivity contribution is 7.72. The van der Waals surface area contributed by atoms with Gasteiger partial charge in [0.25, 0.3) is 5.08 Å². The summed E-state index contributed by atoms with van der Waals surface area (Å²) in [6.07, 6.45) is 0.812. The normalized spacial score (nSPS) is 15.0. The molecule has 0 fully saturated rings. The van der Waals surface area contributed by atoms with Gasteiger partial charge in [-0.1, -0.05) is 6.08 Å². The van der Waals surface area contributed by atoms with Gasteiger partial charge in [-0.05, 0) is 6.08 Å². The molecule has 0 saturated carbocycles. The van der Waals surface area contributed by atoms with E-state index in [0.29, 0.717) is 6.08 Å². The molecule has 0 spiro atoms. The highest BCUT2D eigenvalue weighted by atomic mass is 31.2. The van der Waals surface area contributed by atoms with E-state index in [2.05, 4.69) is 0 Å².